The third-order valence-corrected chi connectivity index (χ3v) is 3.77. The van der Waals surface area contributed by atoms with Crippen molar-refractivity contribution in [1.82, 2.24) is 20.1 Å². The van der Waals surface area contributed by atoms with Gasteiger partial charge in [-0.15, -0.1) is 10.2 Å². The molecule has 1 heterocycles. The Morgan fingerprint density at radius 2 is 1.76 bits per heavy atom. The van der Waals surface area contributed by atoms with Gasteiger partial charge < -0.3 is 14.8 Å². The van der Waals surface area contributed by atoms with Gasteiger partial charge in [-0.1, -0.05) is 36.4 Å². The van der Waals surface area contributed by atoms with E-state index in [1.54, 1.807) is 13.4 Å². The van der Waals surface area contributed by atoms with Crippen molar-refractivity contribution in [1.29, 1.82) is 0 Å². The molecule has 0 aliphatic carbocycles. The third kappa shape index (κ3) is 4.65. The molecule has 0 aliphatic heterocycles. The molecule has 6 nitrogen and oxygen atoms in total. The van der Waals surface area contributed by atoms with E-state index in [0.717, 1.165) is 22.8 Å². The molecule has 0 unspecified atom stereocenters. The van der Waals surface area contributed by atoms with Gasteiger partial charge in [-0.3, -0.25) is 4.57 Å². The zero-order chi connectivity index (χ0) is 17.3. The highest BCUT2D eigenvalue weighted by molar-refractivity contribution is 5.34. The summed E-state index contributed by atoms with van der Waals surface area (Å²) in [6.45, 7) is 2.41. The first kappa shape index (κ1) is 17.1. The van der Waals surface area contributed by atoms with Gasteiger partial charge in [0.25, 0.3) is 0 Å². The second kappa shape index (κ2) is 8.96. The van der Waals surface area contributed by atoms with Crippen molar-refractivity contribution in [3.05, 3.63) is 72.3 Å². The zero-order valence-electron chi connectivity index (χ0n) is 14.3. The summed E-state index contributed by atoms with van der Waals surface area (Å²) in [4.78, 5) is 0. The molecule has 0 fully saturated rings. The van der Waals surface area contributed by atoms with Crippen LogP contribution in [0.15, 0.2) is 60.9 Å². The largest absolute Gasteiger partial charge is 0.491 e. The molecule has 25 heavy (non-hydrogen) atoms. The highest BCUT2D eigenvalue weighted by atomic mass is 16.5. The summed E-state index contributed by atoms with van der Waals surface area (Å²) in [6, 6.07) is 18.1. The van der Waals surface area contributed by atoms with Crippen molar-refractivity contribution in [2.45, 2.75) is 13.1 Å². The Kier molecular flexibility index (Phi) is 6.14. The Morgan fingerprint density at radius 1 is 0.960 bits per heavy atom. The smallest absolute Gasteiger partial charge is 0.151 e. The number of aromatic nitrogens is 3. The second-order valence-corrected chi connectivity index (χ2v) is 5.51. The lowest BCUT2D eigenvalue weighted by atomic mass is 10.2. The zero-order valence-corrected chi connectivity index (χ0v) is 14.3. The van der Waals surface area contributed by atoms with Gasteiger partial charge in [-0.05, 0) is 18.2 Å². The molecule has 3 aromatic rings. The summed E-state index contributed by atoms with van der Waals surface area (Å²) in [6.07, 6.45) is 1.73. The summed E-state index contributed by atoms with van der Waals surface area (Å²) in [5.41, 5.74) is 2.15. The molecule has 0 saturated heterocycles. The minimum atomic E-state index is 0.538. The number of hydrogen-bond acceptors (Lipinski definition) is 5. The van der Waals surface area contributed by atoms with Crippen LogP contribution in [0, 0.1) is 0 Å². The van der Waals surface area contributed by atoms with E-state index < -0.39 is 0 Å². The molecule has 130 valence electrons. The number of ether oxygens (including phenoxy) is 2. The minimum Gasteiger partial charge on any atom is -0.491 e. The molecule has 6 heteroatoms. The maximum absolute atomic E-state index is 5.76. The summed E-state index contributed by atoms with van der Waals surface area (Å²) < 4.78 is 12.8. The van der Waals surface area contributed by atoms with Gasteiger partial charge >= 0.3 is 0 Å². The molecule has 1 N–H and O–H groups in total. The first-order valence-corrected chi connectivity index (χ1v) is 8.23. The van der Waals surface area contributed by atoms with E-state index in [9.17, 15) is 0 Å². The van der Waals surface area contributed by atoms with Crippen LogP contribution in [-0.2, 0) is 17.8 Å². The normalized spacial score (nSPS) is 10.8. The summed E-state index contributed by atoms with van der Waals surface area (Å²) in [7, 11) is 1.67. The maximum atomic E-state index is 5.76. The van der Waals surface area contributed by atoms with Gasteiger partial charge in [0, 0.05) is 24.9 Å². The fraction of sp³-hybridized carbons (Fsp3) is 0.263. The number of rotatable bonds is 9. The van der Waals surface area contributed by atoms with Gasteiger partial charge in [-0.25, -0.2) is 0 Å². The van der Waals surface area contributed by atoms with Crippen molar-refractivity contribution in [3.63, 3.8) is 0 Å². The lowest BCUT2D eigenvalue weighted by molar-refractivity contribution is 0.145. The van der Waals surface area contributed by atoms with Gasteiger partial charge in [0.05, 0.1) is 13.2 Å². The fourth-order valence-electron chi connectivity index (χ4n) is 2.52. The first-order chi connectivity index (χ1) is 12.4. The average molecular weight is 338 g/mol. The number of para-hydroxylation sites is 2. The summed E-state index contributed by atoms with van der Waals surface area (Å²) in [5, 5.41) is 11.6. The van der Waals surface area contributed by atoms with E-state index in [2.05, 4.69) is 21.6 Å². The number of nitrogens with one attached hydrogen (secondary N) is 1. The first-order valence-electron chi connectivity index (χ1n) is 8.23. The molecular formula is C19H22N4O2. The molecule has 0 spiro atoms. The molecule has 0 bridgehead atoms. The Labute approximate surface area is 147 Å². The standard InChI is InChI=1S/C19H22N4O2/c1-24-11-12-25-18-10-6-5-7-16(18)13-20-14-19-22-21-15-23(19)17-8-3-2-4-9-17/h2-10,15,20H,11-14H2,1H3. The summed E-state index contributed by atoms with van der Waals surface area (Å²) in [5.74, 6) is 1.74. The lowest BCUT2D eigenvalue weighted by Crippen LogP contribution is -2.17. The van der Waals surface area contributed by atoms with Crippen LogP contribution in [0.1, 0.15) is 11.4 Å². The Hall–Kier alpha value is -2.70. The van der Waals surface area contributed by atoms with Crippen LogP contribution in [-0.4, -0.2) is 35.1 Å². The van der Waals surface area contributed by atoms with Crippen molar-refractivity contribution < 1.29 is 9.47 Å². The Balaban J connectivity index is 1.60. The van der Waals surface area contributed by atoms with Crippen LogP contribution < -0.4 is 10.1 Å². The summed E-state index contributed by atoms with van der Waals surface area (Å²) >= 11 is 0. The van der Waals surface area contributed by atoms with E-state index in [4.69, 9.17) is 9.47 Å². The average Bonchev–Trinajstić information content (AvgIpc) is 3.12. The molecule has 0 saturated carbocycles. The van der Waals surface area contributed by atoms with Crippen molar-refractivity contribution >= 4 is 0 Å². The van der Waals surface area contributed by atoms with Crippen LogP contribution in [0.2, 0.25) is 0 Å². The molecule has 1 aromatic heterocycles. The maximum Gasteiger partial charge on any atom is 0.151 e. The predicted molar refractivity (Wildman–Crippen MR) is 95.7 cm³/mol. The minimum absolute atomic E-state index is 0.538. The number of hydrogen-bond donors (Lipinski definition) is 1. The highest BCUT2D eigenvalue weighted by Crippen LogP contribution is 2.18. The molecule has 3 rings (SSSR count). The fourth-order valence-corrected chi connectivity index (χ4v) is 2.52. The van der Waals surface area contributed by atoms with Crippen molar-refractivity contribution in [2.75, 3.05) is 20.3 Å². The van der Waals surface area contributed by atoms with E-state index >= 15 is 0 Å². The second-order valence-electron chi connectivity index (χ2n) is 5.51. The lowest BCUT2D eigenvalue weighted by Gasteiger charge is -2.12. The third-order valence-electron chi connectivity index (χ3n) is 3.77. The van der Waals surface area contributed by atoms with Crippen LogP contribution in [0.5, 0.6) is 5.75 Å². The van der Waals surface area contributed by atoms with Crippen molar-refractivity contribution in [3.8, 4) is 11.4 Å². The van der Waals surface area contributed by atoms with E-state index in [1.165, 1.54) is 0 Å². The molecule has 0 atom stereocenters. The topological polar surface area (TPSA) is 61.2 Å². The highest BCUT2D eigenvalue weighted by Gasteiger charge is 2.07. The van der Waals surface area contributed by atoms with Crippen LogP contribution in [0.3, 0.4) is 0 Å². The van der Waals surface area contributed by atoms with Crippen LogP contribution in [0.25, 0.3) is 5.69 Å². The van der Waals surface area contributed by atoms with Crippen LogP contribution >= 0.6 is 0 Å². The van der Waals surface area contributed by atoms with Gasteiger partial charge in [0.2, 0.25) is 0 Å². The molecule has 0 amide bonds. The Bertz CT molecular complexity index is 774. The van der Waals surface area contributed by atoms with E-state index in [-0.39, 0.29) is 0 Å². The quantitative estimate of drug-likeness (QED) is 0.608. The predicted octanol–water partition coefficient (Wildman–Crippen LogP) is 2.58. The van der Waals surface area contributed by atoms with Crippen molar-refractivity contribution in [2.24, 2.45) is 0 Å². The molecular weight excluding hydrogens is 316 g/mol. The van der Waals surface area contributed by atoms with Gasteiger partial charge in [0.15, 0.2) is 5.82 Å². The Morgan fingerprint density at radius 3 is 2.60 bits per heavy atom. The van der Waals surface area contributed by atoms with Gasteiger partial charge in [-0.2, -0.15) is 0 Å². The number of methoxy groups -OCH3 is 1. The van der Waals surface area contributed by atoms with E-state index in [1.807, 2.05) is 53.1 Å². The SMILES string of the molecule is COCCOc1ccccc1CNCc1nncn1-c1ccccc1. The number of benzene rings is 2. The van der Waals surface area contributed by atoms with E-state index in [0.29, 0.717) is 26.3 Å². The molecule has 0 radical (unpaired) electrons. The molecule has 0 aliphatic rings. The van der Waals surface area contributed by atoms with Crippen LogP contribution in [0.4, 0.5) is 0 Å². The molecule has 2 aromatic carbocycles. The van der Waals surface area contributed by atoms with Gasteiger partial charge in [0.1, 0.15) is 18.7 Å². The number of nitrogens with zero attached hydrogens (tertiary/aromatic N) is 3. The monoisotopic (exact) mass is 338 g/mol.